The fourth-order valence-electron chi connectivity index (χ4n) is 7.09. The van der Waals surface area contributed by atoms with Crippen molar-refractivity contribution in [2.45, 2.75) is 224 Å². The molecule has 6 N–H and O–H groups in total. The van der Waals surface area contributed by atoms with Crippen LogP contribution in [0.2, 0.25) is 0 Å². The molecule has 0 radical (unpaired) electrons. The first kappa shape index (κ1) is 58.1. The van der Waals surface area contributed by atoms with Crippen molar-refractivity contribution in [3.63, 3.8) is 0 Å². The molecule has 0 aromatic rings. The molecular weight excluding hydrogens is 799 g/mol. The van der Waals surface area contributed by atoms with Gasteiger partial charge in [-0.05, 0) is 103 Å². The number of ether oxygens (including phenoxy) is 3. The Morgan fingerprint density at radius 1 is 0.619 bits per heavy atom. The van der Waals surface area contributed by atoms with Crippen molar-refractivity contribution in [2.24, 2.45) is 0 Å². The van der Waals surface area contributed by atoms with Crippen molar-refractivity contribution in [1.82, 2.24) is 5.32 Å². The van der Waals surface area contributed by atoms with Crippen LogP contribution >= 0.6 is 0 Å². The number of aliphatic hydroxyl groups excluding tert-OH is 5. The summed E-state index contributed by atoms with van der Waals surface area (Å²) in [6, 6.07) is -0.851. The predicted octanol–water partition coefficient (Wildman–Crippen LogP) is 9.71. The Bertz CT molecular complexity index is 1280. The fraction of sp³-hybridized carbons (Fsp3) is 0.731. The van der Waals surface area contributed by atoms with E-state index >= 15 is 0 Å². The van der Waals surface area contributed by atoms with E-state index in [9.17, 15) is 35.1 Å². The third-order valence-corrected chi connectivity index (χ3v) is 11.1. The third kappa shape index (κ3) is 32.4. The maximum Gasteiger partial charge on any atom is 0.305 e. The molecule has 0 saturated carbocycles. The van der Waals surface area contributed by atoms with Gasteiger partial charge in [0.25, 0.3) is 0 Å². The lowest BCUT2D eigenvalue weighted by Gasteiger charge is -2.40. The lowest BCUT2D eigenvalue weighted by Crippen LogP contribution is -2.60. The summed E-state index contributed by atoms with van der Waals surface area (Å²) in [5.74, 6) is -0.281. The molecule has 0 aliphatic carbocycles. The zero-order valence-electron chi connectivity index (χ0n) is 39.3. The van der Waals surface area contributed by atoms with Gasteiger partial charge in [0.15, 0.2) is 6.29 Å². The molecule has 11 heteroatoms. The first-order chi connectivity index (χ1) is 30.7. The molecule has 7 atom stereocenters. The van der Waals surface area contributed by atoms with Crippen LogP contribution in [0.5, 0.6) is 0 Å². The van der Waals surface area contributed by atoms with Crippen molar-refractivity contribution < 1.29 is 49.3 Å². The van der Waals surface area contributed by atoms with Gasteiger partial charge in [0.05, 0.1) is 32.0 Å². The Kier molecular flexibility index (Phi) is 38.5. The normalized spacial score (nSPS) is 20.7. The van der Waals surface area contributed by atoms with Crippen LogP contribution in [0.15, 0.2) is 72.9 Å². The van der Waals surface area contributed by atoms with E-state index in [4.69, 9.17) is 14.2 Å². The first-order valence-corrected chi connectivity index (χ1v) is 24.7. The van der Waals surface area contributed by atoms with E-state index < -0.39 is 49.5 Å². The van der Waals surface area contributed by atoms with Crippen LogP contribution < -0.4 is 5.32 Å². The van der Waals surface area contributed by atoms with E-state index in [2.05, 4.69) is 66.9 Å². The Morgan fingerprint density at radius 2 is 1.14 bits per heavy atom. The van der Waals surface area contributed by atoms with Crippen molar-refractivity contribution >= 4 is 11.9 Å². The molecule has 0 aromatic heterocycles. The highest BCUT2D eigenvalue weighted by molar-refractivity contribution is 5.76. The van der Waals surface area contributed by atoms with E-state index in [1.807, 2.05) is 19.1 Å². The Hall–Kier alpha value is -2.90. The van der Waals surface area contributed by atoms with E-state index in [0.717, 1.165) is 96.3 Å². The number of hydrogen-bond acceptors (Lipinski definition) is 10. The monoisotopic (exact) mass is 888 g/mol. The molecule has 0 spiro atoms. The number of nitrogens with one attached hydrogen (secondary N) is 1. The van der Waals surface area contributed by atoms with Gasteiger partial charge in [0.2, 0.25) is 5.91 Å². The second-order valence-electron chi connectivity index (χ2n) is 16.8. The predicted molar refractivity (Wildman–Crippen MR) is 255 cm³/mol. The molecule has 7 unspecified atom stereocenters. The SMILES string of the molecule is C/C=C/CC/C=C/CC/C=C/C(O)C(COC1OC(CO)C(O)C(O)C1O)NC(=O)CCCCCCCC/C=C\C=C/CCCCCOC(=O)CCCCCCC/C=C\CCCC. The summed E-state index contributed by atoms with van der Waals surface area (Å²) in [5, 5.41) is 54.0. The van der Waals surface area contributed by atoms with Crippen LogP contribution in [0.3, 0.4) is 0 Å². The zero-order valence-corrected chi connectivity index (χ0v) is 39.3. The molecule has 11 nitrogen and oxygen atoms in total. The van der Waals surface area contributed by atoms with Crippen molar-refractivity contribution in [1.29, 1.82) is 0 Å². The van der Waals surface area contributed by atoms with Gasteiger partial charge in [-0.2, -0.15) is 0 Å². The minimum absolute atomic E-state index is 0.0556. The molecule has 1 saturated heterocycles. The minimum Gasteiger partial charge on any atom is -0.466 e. The summed E-state index contributed by atoms with van der Waals surface area (Å²) in [4.78, 5) is 24.9. The highest BCUT2D eigenvalue weighted by Gasteiger charge is 2.44. The maximum atomic E-state index is 12.9. The summed E-state index contributed by atoms with van der Waals surface area (Å²) < 4.78 is 16.5. The first-order valence-electron chi connectivity index (χ1n) is 24.7. The van der Waals surface area contributed by atoms with Gasteiger partial charge in [0, 0.05) is 12.8 Å². The highest BCUT2D eigenvalue weighted by atomic mass is 16.7. The van der Waals surface area contributed by atoms with Gasteiger partial charge in [-0.3, -0.25) is 9.59 Å². The van der Waals surface area contributed by atoms with Crippen LogP contribution in [-0.2, 0) is 23.8 Å². The van der Waals surface area contributed by atoms with E-state index in [1.54, 1.807) is 6.08 Å². The summed E-state index contributed by atoms with van der Waals surface area (Å²) in [7, 11) is 0. The van der Waals surface area contributed by atoms with Crippen LogP contribution in [0.25, 0.3) is 0 Å². The molecule has 362 valence electrons. The summed E-state index contributed by atoms with van der Waals surface area (Å²) >= 11 is 0. The number of rotatable bonds is 40. The lowest BCUT2D eigenvalue weighted by atomic mass is 9.99. The average Bonchev–Trinajstić information content (AvgIpc) is 3.28. The number of unbranched alkanes of at least 4 members (excludes halogenated alkanes) is 18. The van der Waals surface area contributed by atoms with Crippen LogP contribution in [-0.4, -0.2) is 100 Å². The number of esters is 1. The Balaban J connectivity index is 2.19. The highest BCUT2D eigenvalue weighted by Crippen LogP contribution is 2.22. The van der Waals surface area contributed by atoms with Gasteiger partial charge in [-0.15, -0.1) is 0 Å². The molecule has 0 aromatic carbocycles. The summed E-state index contributed by atoms with van der Waals surface area (Å²) in [6.45, 7) is 3.94. The number of carbonyl (C=O) groups excluding carboxylic acids is 2. The third-order valence-electron chi connectivity index (χ3n) is 11.1. The van der Waals surface area contributed by atoms with Crippen LogP contribution in [0.1, 0.15) is 181 Å². The summed E-state index contributed by atoms with van der Waals surface area (Å²) in [6.07, 6.45) is 43.0. The maximum absolute atomic E-state index is 12.9. The second kappa shape index (κ2) is 41.8. The fourth-order valence-corrected chi connectivity index (χ4v) is 7.09. The molecule has 1 aliphatic rings. The molecule has 63 heavy (non-hydrogen) atoms. The van der Waals surface area contributed by atoms with E-state index in [1.165, 1.54) is 44.9 Å². The molecule has 1 fully saturated rings. The van der Waals surface area contributed by atoms with Gasteiger partial charge < -0.3 is 45.1 Å². The second-order valence-corrected chi connectivity index (χ2v) is 16.8. The van der Waals surface area contributed by atoms with Crippen LogP contribution in [0.4, 0.5) is 0 Å². The van der Waals surface area contributed by atoms with Crippen LogP contribution in [0, 0.1) is 0 Å². The number of aliphatic hydroxyl groups is 5. The lowest BCUT2D eigenvalue weighted by molar-refractivity contribution is -0.302. The van der Waals surface area contributed by atoms with E-state index in [-0.39, 0.29) is 18.5 Å². The minimum atomic E-state index is -1.59. The number of hydrogen-bond donors (Lipinski definition) is 6. The summed E-state index contributed by atoms with van der Waals surface area (Å²) in [5.41, 5.74) is 0. The largest absolute Gasteiger partial charge is 0.466 e. The molecule has 1 heterocycles. The van der Waals surface area contributed by atoms with Crippen molar-refractivity contribution in [3.8, 4) is 0 Å². The average molecular weight is 888 g/mol. The number of allylic oxidation sites excluding steroid dienone is 11. The topological polar surface area (TPSA) is 175 Å². The van der Waals surface area contributed by atoms with Gasteiger partial charge in [0.1, 0.15) is 24.4 Å². The van der Waals surface area contributed by atoms with Gasteiger partial charge in [-0.1, -0.05) is 138 Å². The van der Waals surface area contributed by atoms with Crippen molar-refractivity contribution in [3.05, 3.63) is 72.9 Å². The Morgan fingerprint density at radius 3 is 1.76 bits per heavy atom. The molecule has 1 rings (SSSR count). The van der Waals surface area contributed by atoms with Gasteiger partial charge >= 0.3 is 5.97 Å². The number of carbonyl (C=O) groups is 2. The molecule has 1 aliphatic heterocycles. The smallest absolute Gasteiger partial charge is 0.305 e. The molecule has 0 bridgehead atoms. The molecular formula is C52H89NO10. The molecule has 1 amide bonds. The zero-order chi connectivity index (χ0) is 46.0. The van der Waals surface area contributed by atoms with E-state index in [0.29, 0.717) is 32.3 Å². The standard InChI is InChI=1S/C52H89NO10/c1-3-5-7-9-11-13-19-24-28-32-36-40-48(57)61-41-37-33-29-25-21-18-16-14-15-17-20-23-27-31-35-39-47(56)53-44(45(55)38-34-30-26-22-12-10-8-6-4-2)43-62-52-51(60)50(59)49(58)46(42-54)63-52/h4,6,9,11-12,14,16,18,21-22,34,38,44-46,49-52,54-55,58-60H,3,5,7-8,10,13,15,17,19-20,23-33,35-37,39-43H2,1-2H3,(H,53,56)/b6-4+,11-9-,16-14-,21-18-,22-12+,38-34+. The van der Waals surface area contributed by atoms with Crippen molar-refractivity contribution in [2.75, 3.05) is 19.8 Å². The van der Waals surface area contributed by atoms with Gasteiger partial charge in [-0.25, -0.2) is 0 Å². The Labute approximate surface area is 381 Å². The number of amides is 1. The quantitative estimate of drug-likeness (QED) is 0.0150.